The number of amides is 1. The van der Waals surface area contributed by atoms with Crippen LogP contribution in [0.15, 0.2) is 0 Å². The van der Waals surface area contributed by atoms with Gasteiger partial charge in [0, 0.05) is 6.42 Å². The predicted octanol–water partition coefficient (Wildman–Crippen LogP) is 8.40. The van der Waals surface area contributed by atoms with Gasteiger partial charge in [0.2, 0.25) is 5.91 Å². The third-order valence-corrected chi connectivity index (χ3v) is 6.34. The Balaban J connectivity index is 3.72. The molecule has 190 valence electrons. The third-order valence-electron chi connectivity index (χ3n) is 6.34. The van der Waals surface area contributed by atoms with E-state index in [0.717, 1.165) is 32.1 Å². The van der Waals surface area contributed by atoms with Crippen LogP contribution in [0.4, 0.5) is 0 Å². The summed E-state index contributed by atoms with van der Waals surface area (Å²) in [6.07, 6.45) is 26.2. The Labute approximate surface area is 199 Å². The fourth-order valence-electron chi connectivity index (χ4n) is 4.29. The van der Waals surface area contributed by atoms with Gasteiger partial charge in [0.05, 0.1) is 6.42 Å². The molecule has 32 heavy (non-hydrogen) atoms. The van der Waals surface area contributed by atoms with Crippen molar-refractivity contribution in [1.29, 1.82) is 0 Å². The van der Waals surface area contributed by atoms with Gasteiger partial charge in [-0.15, -0.1) is 0 Å². The van der Waals surface area contributed by atoms with Crippen molar-refractivity contribution in [2.75, 3.05) is 0 Å². The van der Waals surface area contributed by atoms with E-state index in [1.165, 1.54) is 103 Å². The molecular weight excluding hydrogens is 398 g/mol. The average Bonchev–Trinajstić information content (AvgIpc) is 2.75. The number of carbonyl (C=O) groups excluding carboxylic acids is 2. The zero-order valence-electron chi connectivity index (χ0n) is 21.6. The van der Waals surface area contributed by atoms with Gasteiger partial charge in [-0.2, -0.15) is 0 Å². The normalized spacial score (nSPS) is 12.1. The lowest BCUT2D eigenvalue weighted by molar-refractivity contribution is -0.150. The number of hydrogen-bond donors (Lipinski definition) is 1. The highest BCUT2D eigenvalue weighted by Crippen LogP contribution is 2.16. The molecule has 0 unspecified atom stereocenters. The molecule has 0 spiro atoms. The Morgan fingerprint density at radius 3 is 1.38 bits per heavy atom. The lowest BCUT2D eigenvalue weighted by atomic mass is 10.0. The average molecular weight is 454 g/mol. The zero-order chi connectivity index (χ0) is 23.7. The molecule has 0 heterocycles. The first-order valence-corrected chi connectivity index (χ1v) is 14.1. The van der Waals surface area contributed by atoms with E-state index in [2.05, 4.69) is 13.8 Å². The minimum absolute atomic E-state index is 0.154. The fraction of sp³-hybridized carbons (Fsp3) is 0.929. The summed E-state index contributed by atoms with van der Waals surface area (Å²) < 4.78 is 5.59. The first-order valence-electron chi connectivity index (χ1n) is 14.1. The molecule has 0 aliphatic heterocycles. The van der Waals surface area contributed by atoms with Crippen molar-refractivity contribution in [3.63, 3.8) is 0 Å². The first kappa shape index (κ1) is 30.9. The summed E-state index contributed by atoms with van der Waals surface area (Å²) >= 11 is 0. The highest BCUT2D eigenvalue weighted by Gasteiger charge is 2.16. The molecule has 4 heteroatoms. The second-order valence-electron chi connectivity index (χ2n) is 9.68. The molecule has 1 atom stereocenters. The molecule has 4 nitrogen and oxygen atoms in total. The molecule has 0 radical (unpaired) electrons. The third kappa shape index (κ3) is 23.6. The SMILES string of the molecule is CCCCCCCCCCCCC(=O)O[C@H](CCCCCCCCCCCC)CC(N)=O. The van der Waals surface area contributed by atoms with Gasteiger partial charge in [-0.25, -0.2) is 0 Å². The maximum Gasteiger partial charge on any atom is 0.306 e. The van der Waals surface area contributed by atoms with E-state index in [1.54, 1.807) is 0 Å². The predicted molar refractivity (Wildman–Crippen MR) is 137 cm³/mol. The van der Waals surface area contributed by atoms with E-state index in [4.69, 9.17) is 10.5 Å². The highest BCUT2D eigenvalue weighted by molar-refractivity contribution is 5.75. The molecule has 0 rings (SSSR count). The quantitative estimate of drug-likeness (QED) is 0.111. The summed E-state index contributed by atoms with van der Waals surface area (Å²) in [5.74, 6) is -0.545. The van der Waals surface area contributed by atoms with E-state index >= 15 is 0 Å². The van der Waals surface area contributed by atoms with Gasteiger partial charge < -0.3 is 10.5 Å². The molecule has 0 aliphatic rings. The summed E-state index contributed by atoms with van der Waals surface area (Å²) in [7, 11) is 0. The van der Waals surface area contributed by atoms with Crippen molar-refractivity contribution in [2.45, 2.75) is 168 Å². The van der Waals surface area contributed by atoms with Gasteiger partial charge in [0.1, 0.15) is 6.10 Å². The van der Waals surface area contributed by atoms with E-state index in [-0.39, 0.29) is 24.4 Å². The Kier molecular flexibility index (Phi) is 23.8. The number of rotatable bonds is 25. The molecule has 0 aliphatic carbocycles. The van der Waals surface area contributed by atoms with Crippen LogP contribution in [0.1, 0.15) is 162 Å². The Morgan fingerprint density at radius 1 is 0.594 bits per heavy atom. The first-order chi connectivity index (χ1) is 15.6. The number of unbranched alkanes of at least 4 members (excludes halogenated alkanes) is 18. The second kappa shape index (κ2) is 24.6. The minimum Gasteiger partial charge on any atom is -0.462 e. The number of ether oxygens (including phenoxy) is 1. The summed E-state index contributed by atoms with van der Waals surface area (Å²) in [6, 6.07) is 0. The Bertz CT molecular complexity index is 425. The number of esters is 1. The summed E-state index contributed by atoms with van der Waals surface area (Å²) in [4.78, 5) is 23.5. The molecule has 0 aromatic rings. The van der Waals surface area contributed by atoms with Crippen LogP contribution < -0.4 is 5.73 Å². The van der Waals surface area contributed by atoms with Crippen LogP contribution in [0.3, 0.4) is 0 Å². The molecule has 1 amide bonds. The minimum atomic E-state index is -0.381. The standard InChI is InChI=1S/C28H55NO3/c1-3-5-7-9-11-13-15-17-19-21-23-26(25-27(29)30)32-28(31)24-22-20-18-16-14-12-10-8-6-4-2/h26H,3-25H2,1-2H3,(H2,29,30)/t26-/m1/s1. The largest absolute Gasteiger partial charge is 0.462 e. The van der Waals surface area contributed by atoms with Crippen LogP contribution in [0.25, 0.3) is 0 Å². The van der Waals surface area contributed by atoms with Crippen molar-refractivity contribution in [1.82, 2.24) is 0 Å². The molecule has 0 aromatic carbocycles. The lowest BCUT2D eigenvalue weighted by Gasteiger charge is -2.16. The maximum atomic E-state index is 12.2. The lowest BCUT2D eigenvalue weighted by Crippen LogP contribution is -2.25. The van der Waals surface area contributed by atoms with E-state index in [9.17, 15) is 9.59 Å². The molecule has 0 bridgehead atoms. The Morgan fingerprint density at radius 2 is 0.969 bits per heavy atom. The molecule has 2 N–H and O–H groups in total. The zero-order valence-corrected chi connectivity index (χ0v) is 21.6. The van der Waals surface area contributed by atoms with Gasteiger partial charge in [-0.1, -0.05) is 129 Å². The van der Waals surface area contributed by atoms with Crippen molar-refractivity contribution in [3.05, 3.63) is 0 Å². The topological polar surface area (TPSA) is 69.4 Å². The molecule has 0 aromatic heterocycles. The smallest absolute Gasteiger partial charge is 0.306 e. The maximum absolute atomic E-state index is 12.2. The van der Waals surface area contributed by atoms with Crippen LogP contribution >= 0.6 is 0 Å². The van der Waals surface area contributed by atoms with Gasteiger partial charge in [0.15, 0.2) is 0 Å². The van der Waals surface area contributed by atoms with E-state index < -0.39 is 0 Å². The van der Waals surface area contributed by atoms with Crippen molar-refractivity contribution in [3.8, 4) is 0 Å². The van der Waals surface area contributed by atoms with Crippen LogP contribution in [-0.2, 0) is 14.3 Å². The van der Waals surface area contributed by atoms with Gasteiger partial charge >= 0.3 is 5.97 Å². The molecular formula is C28H55NO3. The van der Waals surface area contributed by atoms with Gasteiger partial charge in [-0.05, 0) is 19.3 Å². The Hall–Kier alpha value is -1.06. The van der Waals surface area contributed by atoms with Crippen LogP contribution in [0.2, 0.25) is 0 Å². The van der Waals surface area contributed by atoms with Gasteiger partial charge in [-0.3, -0.25) is 9.59 Å². The summed E-state index contributed by atoms with van der Waals surface area (Å²) in [5.41, 5.74) is 5.37. The molecule has 0 saturated carbocycles. The van der Waals surface area contributed by atoms with E-state index in [1.807, 2.05) is 0 Å². The van der Waals surface area contributed by atoms with Crippen molar-refractivity contribution >= 4 is 11.9 Å². The van der Waals surface area contributed by atoms with Crippen LogP contribution in [-0.4, -0.2) is 18.0 Å². The summed E-state index contributed by atoms with van der Waals surface area (Å²) in [5, 5.41) is 0. The van der Waals surface area contributed by atoms with Crippen LogP contribution in [0, 0.1) is 0 Å². The monoisotopic (exact) mass is 453 g/mol. The van der Waals surface area contributed by atoms with E-state index in [0.29, 0.717) is 6.42 Å². The van der Waals surface area contributed by atoms with Crippen LogP contribution in [0.5, 0.6) is 0 Å². The number of hydrogen-bond acceptors (Lipinski definition) is 3. The van der Waals surface area contributed by atoms with Crippen molar-refractivity contribution < 1.29 is 14.3 Å². The van der Waals surface area contributed by atoms with Crippen molar-refractivity contribution in [2.24, 2.45) is 5.73 Å². The summed E-state index contributed by atoms with van der Waals surface area (Å²) in [6.45, 7) is 4.50. The van der Waals surface area contributed by atoms with Gasteiger partial charge in [0.25, 0.3) is 0 Å². The fourth-order valence-corrected chi connectivity index (χ4v) is 4.29. The molecule has 0 fully saturated rings. The second-order valence-corrected chi connectivity index (χ2v) is 9.68. The molecule has 0 saturated heterocycles. The highest BCUT2D eigenvalue weighted by atomic mass is 16.5. The number of carbonyl (C=O) groups is 2. The number of primary amides is 1. The number of nitrogens with two attached hydrogens (primary N) is 1.